The molecule has 0 aliphatic carbocycles. The third-order valence-corrected chi connectivity index (χ3v) is 6.04. The zero-order valence-corrected chi connectivity index (χ0v) is 20.2. The minimum absolute atomic E-state index is 0.135. The number of amides is 1. The van der Waals surface area contributed by atoms with E-state index in [1.165, 1.54) is 0 Å². The Kier molecular flexibility index (Phi) is 6.55. The van der Waals surface area contributed by atoms with Crippen LogP contribution in [0.25, 0.3) is 17.3 Å². The van der Waals surface area contributed by atoms with Gasteiger partial charge in [0.05, 0.1) is 64.7 Å². The molecule has 0 unspecified atom stereocenters. The zero-order chi connectivity index (χ0) is 25.1. The SMILES string of the molecule is C=Cc1cncc(COc2cnccc2-c2cc3c(n2Nc2cccc(Cl)c2OC)CCNC3=O)n1. The summed E-state index contributed by atoms with van der Waals surface area (Å²) in [6, 6.07) is 9.12. The molecule has 0 saturated carbocycles. The number of aromatic nitrogens is 4. The molecule has 0 saturated heterocycles. The highest BCUT2D eigenvalue weighted by atomic mass is 35.5. The number of fused-ring (bicyclic) bond motifs is 1. The molecule has 0 spiro atoms. The van der Waals surface area contributed by atoms with Gasteiger partial charge < -0.3 is 14.8 Å². The standard InChI is InChI=1S/C26H23ClN6O3/c1-3-16-12-29-13-17(31-16)15-36-24-14-28-9-7-18(24)23-11-19-22(8-10-30-26(19)34)33(23)32-21-6-4-5-20(27)25(21)35-2/h3-7,9,11-14,32H,1,8,10,15H2,2H3,(H,30,34). The van der Waals surface area contributed by atoms with Crippen LogP contribution in [0.3, 0.4) is 0 Å². The van der Waals surface area contributed by atoms with Gasteiger partial charge in [-0.05, 0) is 30.3 Å². The van der Waals surface area contributed by atoms with Crippen LogP contribution in [0.15, 0.2) is 61.7 Å². The summed E-state index contributed by atoms with van der Waals surface area (Å²) >= 11 is 6.36. The predicted molar refractivity (Wildman–Crippen MR) is 137 cm³/mol. The minimum atomic E-state index is -0.135. The molecule has 1 aliphatic heterocycles. The highest BCUT2D eigenvalue weighted by Crippen LogP contribution is 2.37. The minimum Gasteiger partial charge on any atom is -0.493 e. The fourth-order valence-electron chi connectivity index (χ4n) is 4.08. The number of ether oxygens (including phenoxy) is 2. The second-order valence-corrected chi connectivity index (χ2v) is 8.37. The molecule has 182 valence electrons. The molecule has 4 aromatic rings. The summed E-state index contributed by atoms with van der Waals surface area (Å²) in [4.78, 5) is 25.6. The van der Waals surface area contributed by atoms with Crippen LogP contribution in [0, 0.1) is 0 Å². The first-order valence-corrected chi connectivity index (χ1v) is 11.6. The van der Waals surface area contributed by atoms with Gasteiger partial charge in [0, 0.05) is 24.7 Å². The Hall–Kier alpha value is -4.37. The van der Waals surface area contributed by atoms with E-state index in [1.807, 2.05) is 28.9 Å². The highest BCUT2D eigenvalue weighted by Gasteiger charge is 2.26. The predicted octanol–water partition coefficient (Wildman–Crippen LogP) is 4.39. The maximum atomic E-state index is 12.7. The molecular weight excluding hydrogens is 480 g/mol. The summed E-state index contributed by atoms with van der Waals surface area (Å²) in [5, 5.41) is 3.38. The normalized spacial score (nSPS) is 12.4. The van der Waals surface area contributed by atoms with E-state index in [0.717, 1.165) is 17.0 Å². The van der Waals surface area contributed by atoms with Crippen LogP contribution in [0.2, 0.25) is 5.02 Å². The lowest BCUT2D eigenvalue weighted by atomic mass is 10.1. The first kappa shape index (κ1) is 23.4. The summed E-state index contributed by atoms with van der Waals surface area (Å²) in [5.74, 6) is 0.892. The number of methoxy groups -OCH3 is 1. The van der Waals surface area contributed by atoms with E-state index in [4.69, 9.17) is 21.1 Å². The Bertz CT molecular complexity index is 1450. The third kappa shape index (κ3) is 4.48. The molecule has 0 fully saturated rings. The van der Waals surface area contributed by atoms with Crippen molar-refractivity contribution < 1.29 is 14.3 Å². The highest BCUT2D eigenvalue weighted by molar-refractivity contribution is 6.32. The van der Waals surface area contributed by atoms with Crippen molar-refractivity contribution in [2.45, 2.75) is 13.0 Å². The number of hydrogen-bond acceptors (Lipinski definition) is 7. The number of nitrogens with one attached hydrogen (secondary N) is 2. The molecule has 0 bridgehead atoms. The molecule has 2 N–H and O–H groups in total. The van der Waals surface area contributed by atoms with Gasteiger partial charge in [0.15, 0.2) is 5.75 Å². The number of hydrogen-bond donors (Lipinski definition) is 2. The van der Waals surface area contributed by atoms with Crippen molar-refractivity contribution in [3.63, 3.8) is 0 Å². The van der Waals surface area contributed by atoms with Crippen molar-refractivity contribution in [3.8, 4) is 22.8 Å². The number of halogens is 1. The van der Waals surface area contributed by atoms with E-state index in [9.17, 15) is 4.79 Å². The molecule has 3 aromatic heterocycles. The van der Waals surface area contributed by atoms with E-state index >= 15 is 0 Å². The van der Waals surface area contributed by atoms with Crippen LogP contribution in [-0.2, 0) is 13.0 Å². The summed E-state index contributed by atoms with van der Waals surface area (Å²) in [6.45, 7) is 4.44. The van der Waals surface area contributed by atoms with Gasteiger partial charge in [0.2, 0.25) is 0 Å². The number of benzene rings is 1. The fourth-order valence-corrected chi connectivity index (χ4v) is 4.33. The van der Waals surface area contributed by atoms with Crippen molar-refractivity contribution in [2.75, 3.05) is 19.1 Å². The Balaban J connectivity index is 1.57. The fraction of sp³-hybridized carbons (Fsp3) is 0.154. The molecule has 0 atom stereocenters. The summed E-state index contributed by atoms with van der Waals surface area (Å²) in [5.41, 5.74) is 8.25. The maximum absolute atomic E-state index is 12.7. The van der Waals surface area contributed by atoms with Gasteiger partial charge in [0.25, 0.3) is 5.91 Å². The van der Waals surface area contributed by atoms with Crippen molar-refractivity contribution >= 4 is 29.3 Å². The lowest BCUT2D eigenvalue weighted by Gasteiger charge is -2.21. The van der Waals surface area contributed by atoms with E-state index in [-0.39, 0.29) is 12.5 Å². The lowest BCUT2D eigenvalue weighted by Crippen LogP contribution is -2.33. The number of para-hydroxylation sites is 1. The van der Waals surface area contributed by atoms with Crippen molar-refractivity contribution in [1.29, 1.82) is 0 Å². The van der Waals surface area contributed by atoms with Crippen molar-refractivity contribution in [1.82, 2.24) is 24.9 Å². The number of anilines is 1. The van der Waals surface area contributed by atoms with Gasteiger partial charge in [0.1, 0.15) is 12.4 Å². The summed E-state index contributed by atoms with van der Waals surface area (Å²) < 4.78 is 13.5. The first-order valence-electron chi connectivity index (χ1n) is 11.2. The number of carbonyl (C=O) groups excluding carboxylic acids is 1. The van der Waals surface area contributed by atoms with Gasteiger partial charge in [-0.25, -0.2) is 4.98 Å². The van der Waals surface area contributed by atoms with Crippen molar-refractivity contribution in [2.24, 2.45) is 0 Å². The molecular formula is C26H23ClN6O3. The maximum Gasteiger partial charge on any atom is 0.253 e. The van der Waals surface area contributed by atoms with Crippen LogP contribution in [0.5, 0.6) is 11.5 Å². The van der Waals surface area contributed by atoms with Crippen LogP contribution >= 0.6 is 11.6 Å². The Morgan fingerprint density at radius 2 is 2.11 bits per heavy atom. The Morgan fingerprint density at radius 3 is 2.94 bits per heavy atom. The van der Waals surface area contributed by atoms with E-state index in [1.54, 1.807) is 44.0 Å². The molecule has 1 aliphatic rings. The summed E-state index contributed by atoms with van der Waals surface area (Å²) in [6.07, 6.45) is 8.85. The molecule has 9 nitrogen and oxygen atoms in total. The molecule has 36 heavy (non-hydrogen) atoms. The van der Waals surface area contributed by atoms with Crippen LogP contribution in [-0.4, -0.2) is 39.2 Å². The van der Waals surface area contributed by atoms with E-state index < -0.39 is 0 Å². The molecule has 1 aromatic carbocycles. The van der Waals surface area contributed by atoms with Crippen LogP contribution < -0.4 is 20.2 Å². The van der Waals surface area contributed by atoms with Gasteiger partial charge in [-0.3, -0.25) is 24.9 Å². The number of pyridine rings is 1. The van der Waals surface area contributed by atoms with Gasteiger partial charge >= 0.3 is 0 Å². The molecule has 5 rings (SSSR count). The summed E-state index contributed by atoms with van der Waals surface area (Å²) in [7, 11) is 1.56. The largest absolute Gasteiger partial charge is 0.493 e. The van der Waals surface area contributed by atoms with Gasteiger partial charge in [-0.15, -0.1) is 0 Å². The quantitative estimate of drug-likeness (QED) is 0.368. The Morgan fingerprint density at radius 1 is 1.22 bits per heavy atom. The van der Waals surface area contributed by atoms with Crippen molar-refractivity contribution in [3.05, 3.63) is 89.4 Å². The average Bonchev–Trinajstić information content (AvgIpc) is 3.27. The molecule has 10 heteroatoms. The lowest BCUT2D eigenvalue weighted by molar-refractivity contribution is 0.0945. The number of rotatable bonds is 8. The monoisotopic (exact) mass is 502 g/mol. The van der Waals surface area contributed by atoms with E-state index in [0.29, 0.717) is 52.1 Å². The van der Waals surface area contributed by atoms with Crippen LogP contribution in [0.1, 0.15) is 27.4 Å². The first-order chi connectivity index (χ1) is 17.6. The molecule has 0 radical (unpaired) electrons. The second-order valence-electron chi connectivity index (χ2n) is 7.96. The zero-order valence-electron chi connectivity index (χ0n) is 19.5. The number of nitrogens with zero attached hydrogens (tertiary/aromatic N) is 4. The number of carbonyl (C=O) groups is 1. The third-order valence-electron chi connectivity index (χ3n) is 5.75. The molecule has 1 amide bonds. The van der Waals surface area contributed by atoms with Gasteiger partial charge in [-0.1, -0.05) is 24.2 Å². The van der Waals surface area contributed by atoms with Gasteiger partial charge in [-0.2, -0.15) is 0 Å². The van der Waals surface area contributed by atoms with Crippen LogP contribution in [0.4, 0.5) is 5.69 Å². The molecule has 4 heterocycles. The Labute approximate surface area is 212 Å². The van der Waals surface area contributed by atoms with E-state index in [2.05, 4.69) is 32.3 Å². The second kappa shape index (κ2) is 10.1. The smallest absolute Gasteiger partial charge is 0.253 e. The average molecular weight is 503 g/mol. The topological polar surface area (TPSA) is 103 Å².